The van der Waals surface area contributed by atoms with Crippen molar-refractivity contribution in [1.29, 1.82) is 5.26 Å². The number of hydrogen-bond acceptors (Lipinski definition) is 5. The molecule has 3 aromatic rings. The lowest BCUT2D eigenvalue weighted by Crippen LogP contribution is -2.04. The molecule has 25 heavy (non-hydrogen) atoms. The van der Waals surface area contributed by atoms with Gasteiger partial charge in [0.05, 0.1) is 11.3 Å². The van der Waals surface area contributed by atoms with Gasteiger partial charge in [0.25, 0.3) is 0 Å². The SMILES string of the molecule is Cc1cc(Nc2cc(Cl)ccc2C)nc(Nc2ccccc2C#N)n1. The maximum absolute atomic E-state index is 9.20. The van der Waals surface area contributed by atoms with Crippen LogP contribution in [0.2, 0.25) is 5.02 Å². The predicted molar refractivity (Wildman–Crippen MR) is 101 cm³/mol. The van der Waals surface area contributed by atoms with Crippen molar-refractivity contribution >= 4 is 34.7 Å². The molecule has 0 unspecified atom stereocenters. The summed E-state index contributed by atoms with van der Waals surface area (Å²) in [5, 5.41) is 16.2. The van der Waals surface area contributed by atoms with Gasteiger partial charge >= 0.3 is 0 Å². The molecule has 0 atom stereocenters. The summed E-state index contributed by atoms with van der Waals surface area (Å²) in [6.45, 7) is 3.88. The number of rotatable bonds is 4. The molecule has 3 rings (SSSR count). The zero-order chi connectivity index (χ0) is 17.8. The Hall–Kier alpha value is -3.10. The Morgan fingerprint density at radius 3 is 2.56 bits per heavy atom. The van der Waals surface area contributed by atoms with E-state index in [1.807, 2.05) is 56.3 Å². The van der Waals surface area contributed by atoms with Gasteiger partial charge in [0.1, 0.15) is 11.9 Å². The van der Waals surface area contributed by atoms with E-state index in [1.54, 1.807) is 6.07 Å². The Morgan fingerprint density at radius 2 is 1.76 bits per heavy atom. The van der Waals surface area contributed by atoms with Crippen LogP contribution >= 0.6 is 11.6 Å². The zero-order valence-corrected chi connectivity index (χ0v) is 14.6. The molecule has 6 heteroatoms. The minimum Gasteiger partial charge on any atom is -0.340 e. The molecule has 5 nitrogen and oxygen atoms in total. The fourth-order valence-electron chi connectivity index (χ4n) is 2.37. The van der Waals surface area contributed by atoms with Crippen LogP contribution in [-0.2, 0) is 0 Å². The van der Waals surface area contributed by atoms with Crippen LogP contribution in [0, 0.1) is 25.2 Å². The number of para-hydroxylation sites is 1. The van der Waals surface area contributed by atoms with E-state index >= 15 is 0 Å². The third-order valence-corrected chi connectivity index (χ3v) is 3.85. The molecule has 0 aliphatic heterocycles. The molecule has 0 fully saturated rings. The van der Waals surface area contributed by atoms with Gasteiger partial charge in [-0.25, -0.2) is 4.98 Å². The first kappa shape index (κ1) is 16.7. The second kappa shape index (κ2) is 7.20. The first-order chi connectivity index (χ1) is 12.0. The van der Waals surface area contributed by atoms with Crippen molar-refractivity contribution in [2.24, 2.45) is 0 Å². The lowest BCUT2D eigenvalue weighted by Gasteiger charge is -2.12. The molecule has 0 radical (unpaired) electrons. The standard InChI is InChI=1S/C19H16ClN5/c1-12-7-8-15(20)10-17(12)23-18-9-13(2)22-19(25-18)24-16-6-4-3-5-14(16)11-21/h3-10H,1-2H3,(H2,22,23,24,25). The van der Waals surface area contributed by atoms with Crippen LogP contribution in [0.1, 0.15) is 16.8 Å². The van der Waals surface area contributed by atoms with E-state index in [0.717, 1.165) is 16.9 Å². The number of nitriles is 1. The fraction of sp³-hybridized carbons (Fsp3) is 0.105. The van der Waals surface area contributed by atoms with E-state index in [0.29, 0.717) is 28.0 Å². The number of halogens is 1. The van der Waals surface area contributed by atoms with Gasteiger partial charge < -0.3 is 10.6 Å². The number of aryl methyl sites for hydroxylation is 2. The molecule has 2 aromatic carbocycles. The van der Waals surface area contributed by atoms with E-state index in [9.17, 15) is 5.26 Å². The van der Waals surface area contributed by atoms with Gasteiger partial charge in [-0.3, -0.25) is 0 Å². The summed E-state index contributed by atoms with van der Waals surface area (Å²) >= 11 is 6.07. The second-order valence-electron chi connectivity index (χ2n) is 5.58. The van der Waals surface area contributed by atoms with Crippen molar-refractivity contribution in [2.75, 3.05) is 10.6 Å². The largest absolute Gasteiger partial charge is 0.340 e. The third-order valence-electron chi connectivity index (χ3n) is 3.61. The molecule has 0 aliphatic carbocycles. The predicted octanol–water partition coefficient (Wildman–Crippen LogP) is 5.11. The lowest BCUT2D eigenvalue weighted by molar-refractivity contribution is 1.11. The molecule has 0 aliphatic rings. The smallest absolute Gasteiger partial charge is 0.229 e. The quantitative estimate of drug-likeness (QED) is 0.685. The maximum atomic E-state index is 9.20. The molecule has 1 heterocycles. The van der Waals surface area contributed by atoms with Gasteiger partial charge in [0.2, 0.25) is 5.95 Å². The van der Waals surface area contributed by atoms with Crippen molar-refractivity contribution in [3.05, 3.63) is 70.4 Å². The summed E-state index contributed by atoms with van der Waals surface area (Å²) < 4.78 is 0. The number of aromatic nitrogens is 2. The van der Waals surface area contributed by atoms with Crippen LogP contribution in [0.3, 0.4) is 0 Å². The Morgan fingerprint density at radius 1 is 0.960 bits per heavy atom. The highest BCUT2D eigenvalue weighted by atomic mass is 35.5. The summed E-state index contributed by atoms with van der Waals surface area (Å²) in [6.07, 6.45) is 0. The summed E-state index contributed by atoms with van der Waals surface area (Å²) in [6, 6.07) is 16.9. The highest BCUT2D eigenvalue weighted by molar-refractivity contribution is 6.30. The number of hydrogen-bond donors (Lipinski definition) is 2. The van der Waals surface area contributed by atoms with Crippen LogP contribution in [0.5, 0.6) is 0 Å². The van der Waals surface area contributed by atoms with Crippen molar-refractivity contribution in [2.45, 2.75) is 13.8 Å². The van der Waals surface area contributed by atoms with Crippen molar-refractivity contribution in [3.63, 3.8) is 0 Å². The lowest BCUT2D eigenvalue weighted by atomic mass is 10.2. The molecular weight excluding hydrogens is 334 g/mol. The molecule has 2 N–H and O–H groups in total. The Labute approximate surface area is 151 Å². The monoisotopic (exact) mass is 349 g/mol. The Kier molecular flexibility index (Phi) is 4.82. The van der Waals surface area contributed by atoms with Gasteiger partial charge in [-0.2, -0.15) is 10.2 Å². The van der Waals surface area contributed by atoms with Crippen LogP contribution in [0.25, 0.3) is 0 Å². The molecular formula is C19H16ClN5. The number of anilines is 4. The molecule has 1 aromatic heterocycles. The highest BCUT2D eigenvalue weighted by Gasteiger charge is 2.07. The van der Waals surface area contributed by atoms with Gasteiger partial charge in [0.15, 0.2) is 0 Å². The molecule has 124 valence electrons. The molecule has 0 saturated carbocycles. The van der Waals surface area contributed by atoms with Gasteiger partial charge in [-0.1, -0.05) is 29.8 Å². The minimum atomic E-state index is 0.421. The normalized spacial score (nSPS) is 10.2. The topological polar surface area (TPSA) is 73.6 Å². The number of benzene rings is 2. The van der Waals surface area contributed by atoms with E-state index in [-0.39, 0.29) is 0 Å². The van der Waals surface area contributed by atoms with Crippen molar-refractivity contribution in [1.82, 2.24) is 9.97 Å². The zero-order valence-electron chi connectivity index (χ0n) is 13.8. The highest BCUT2D eigenvalue weighted by Crippen LogP contribution is 2.25. The number of nitrogens with one attached hydrogen (secondary N) is 2. The second-order valence-corrected chi connectivity index (χ2v) is 6.02. The molecule has 0 bridgehead atoms. The fourth-order valence-corrected chi connectivity index (χ4v) is 2.54. The summed E-state index contributed by atoms with van der Waals surface area (Å²) in [7, 11) is 0. The van der Waals surface area contributed by atoms with Gasteiger partial charge in [-0.15, -0.1) is 0 Å². The Bertz CT molecular complexity index is 962. The average Bonchev–Trinajstić information content (AvgIpc) is 2.58. The van der Waals surface area contributed by atoms with Crippen molar-refractivity contribution < 1.29 is 0 Å². The van der Waals surface area contributed by atoms with E-state index < -0.39 is 0 Å². The van der Waals surface area contributed by atoms with Crippen molar-refractivity contribution in [3.8, 4) is 6.07 Å². The van der Waals surface area contributed by atoms with Gasteiger partial charge in [0, 0.05) is 22.5 Å². The first-order valence-electron chi connectivity index (χ1n) is 7.70. The minimum absolute atomic E-state index is 0.421. The summed E-state index contributed by atoms with van der Waals surface area (Å²) in [4.78, 5) is 8.87. The third kappa shape index (κ3) is 4.06. The number of nitrogens with zero attached hydrogens (tertiary/aromatic N) is 3. The van der Waals surface area contributed by atoms with E-state index in [2.05, 4.69) is 26.7 Å². The van der Waals surface area contributed by atoms with Crippen LogP contribution in [0.15, 0.2) is 48.5 Å². The van der Waals surface area contributed by atoms with Crippen LogP contribution in [0.4, 0.5) is 23.1 Å². The van der Waals surface area contributed by atoms with Gasteiger partial charge in [-0.05, 0) is 43.7 Å². The summed E-state index contributed by atoms with van der Waals surface area (Å²) in [5.41, 5.74) is 3.95. The van der Waals surface area contributed by atoms with Crippen LogP contribution in [-0.4, -0.2) is 9.97 Å². The summed E-state index contributed by atoms with van der Waals surface area (Å²) in [5.74, 6) is 1.07. The van der Waals surface area contributed by atoms with E-state index in [4.69, 9.17) is 11.6 Å². The van der Waals surface area contributed by atoms with E-state index in [1.165, 1.54) is 0 Å². The maximum Gasteiger partial charge on any atom is 0.229 e. The van der Waals surface area contributed by atoms with Crippen LogP contribution < -0.4 is 10.6 Å². The molecule has 0 saturated heterocycles. The average molecular weight is 350 g/mol. The molecule has 0 spiro atoms. The first-order valence-corrected chi connectivity index (χ1v) is 8.08. The Balaban J connectivity index is 1.91. The molecule has 0 amide bonds.